The number of nitrogens with one attached hydrogen (secondary N) is 2. The fraction of sp³-hybridized carbons (Fsp3) is 0.273. The molecule has 0 atom stereocenters. The van der Waals surface area contributed by atoms with Gasteiger partial charge in [0.15, 0.2) is 0 Å². The molecule has 0 bridgehead atoms. The number of amides is 1. The smallest absolute Gasteiger partial charge is 0.267 e. The van der Waals surface area contributed by atoms with Crippen molar-refractivity contribution >= 4 is 5.91 Å². The fourth-order valence-electron chi connectivity index (χ4n) is 1.46. The maximum absolute atomic E-state index is 11.8. The summed E-state index contributed by atoms with van der Waals surface area (Å²) in [6.45, 7) is 3.91. The fourth-order valence-corrected chi connectivity index (χ4v) is 1.46. The number of benzene rings is 1. The Morgan fingerprint density at radius 1 is 1.44 bits per heavy atom. The Morgan fingerprint density at radius 3 is 3.00 bits per heavy atom. The van der Waals surface area contributed by atoms with Crippen molar-refractivity contribution in [1.29, 1.82) is 0 Å². The molecule has 1 aromatic heterocycles. The van der Waals surface area contributed by atoms with Gasteiger partial charge >= 0.3 is 0 Å². The van der Waals surface area contributed by atoms with Crippen molar-refractivity contribution in [3.8, 4) is 0 Å². The molecule has 1 amide bonds. The summed E-state index contributed by atoms with van der Waals surface area (Å²) in [4.78, 5) is 16.9. The van der Waals surface area contributed by atoms with E-state index >= 15 is 0 Å². The van der Waals surface area contributed by atoms with Crippen LogP contribution < -0.4 is 5.48 Å². The van der Waals surface area contributed by atoms with Crippen LogP contribution >= 0.6 is 0 Å². The number of tetrazole rings is 1. The van der Waals surface area contributed by atoms with E-state index in [1.165, 1.54) is 0 Å². The van der Waals surface area contributed by atoms with Gasteiger partial charge < -0.3 is 0 Å². The van der Waals surface area contributed by atoms with E-state index in [4.69, 9.17) is 4.84 Å². The number of aromatic amines is 1. The molecular weight excluding hydrogens is 234 g/mol. The van der Waals surface area contributed by atoms with Crippen LogP contribution in [-0.4, -0.2) is 26.5 Å². The zero-order valence-corrected chi connectivity index (χ0v) is 10.1. The summed E-state index contributed by atoms with van der Waals surface area (Å²) in [6, 6.07) is 5.53. The Bertz CT molecular complexity index is 538. The Hall–Kier alpha value is -2.28. The molecule has 1 heterocycles. The molecule has 0 aliphatic carbocycles. The summed E-state index contributed by atoms with van der Waals surface area (Å²) in [5.74, 6) is 0.0796. The standard InChI is InChI=1S/C11H13N5O2/c1-7-4-3-5-9(8(7)2)11(17)14-18-6-10-12-15-16-13-10/h3-5H,6H2,1-2H3,(H,14,17)(H,12,13,15,16). The Labute approximate surface area is 104 Å². The number of hydroxylamine groups is 1. The average molecular weight is 247 g/mol. The largest absolute Gasteiger partial charge is 0.275 e. The molecule has 7 nitrogen and oxygen atoms in total. The maximum Gasteiger partial charge on any atom is 0.275 e. The molecule has 0 spiro atoms. The minimum Gasteiger partial charge on any atom is -0.267 e. The van der Waals surface area contributed by atoms with Gasteiger partial charge in [0.2, 0.25) is 5.82 Å². The number of rotatable bonds is 4. The first-order chi connectivity index (χ1) is 8.68. The van der Waals surface area contributed by atoms with Gasteiger partial charge in [0.1, 0.15) is 6.61 Å². The van der Waals surface area contributed by atoms with Gasteiger partial charge in [-0.2, -0.15) is 5.21 Å². The van der Waals surface area contributed by atoms with Gasteiger partial charge in [-0.15, -0.1) is 10.2 Å². The monoisotopic (exact) mass is 247 g/mol. The number of nitrogens with zero attached hydrogens (tertiary/aromatic N) is 3. The predicted molar refractivity (Wildman–Crippen MR) is 62.3 cm³/mol. The van der Waals surface area contributed by atoms with Crippen molar-refractivity contribution in [1.82, 2.24) is 26.1 Å². The first kappa shape index (κ1) is 12.2. The van der Waals surface area contributed by atoms with E-state index in [1.807, 2.05) is 26.0 Å². The molecule has 0 saturated heterocycles. The van der Waals surface area contributed by atoms with Crippen LogP contribution in [0.5, 0.6) is 0 Å². The number of carbonyl (C=O) groups excluding carboxylic acids is 1. The quantitative estimate of drug-likeness (QED) is 0.775. The van der Waals surface area contributed by atoms with Gasteiger partial charge in [0, 0.05) is 5.56 Å². The molecular formula is C11H13N5O2. The average Bonchev–Trinajstić information content (AvgIpc) is 2.85. The predicted octanol–water partition coefficient (Wildman–Crippen LogP) is 0.678. The van der Waals surface area contributed by atoms with Crippen LogP contribution in [0.2, 0.25) is 0 Å². The summed E-state index contributed by atoms with van der Waals surface area (Å²) in [5.41, 5.74) is 4.92. The van der Waals surface area contributed by atoms with Gasteiger partial charge in [0.05, 0.1) is 0 Å². The number of carbonyl (C=O) groups is 1. The highest BCUT2D eigenvalue weighted by Gasteiger charge is 2.10. The second-order valence-electron chi connectivity index (χ2n) is 3.80. The lowest BCUT2D eigenvalue weighted by Gasteiger charge is -2.08. The van der Waals surface area contributed by atoms with Gasteiger partial charge in [-0.25, -0.2) is 5.48 Å². The van der Waals surface area contributed by atoms with E-state index in [2.05, 4.69) is 26.1 Å². The zero-order chi connectivity index (χ0) is 13.0. The third kappa shape index (κ3) is 2.69. The van der Waals surface area contributed by atoms with Gasteiger partial charge in [-0.1, -0.05) is 17.3 Å². The number of H-pyrrole nitrogens is 1. The van der Waals surface area contributed by atoms with Crippen molar-refractivity contribution in [2.24, 2.45) is 0 Å². The minimum atomic E-state index is -0.292. The van der Waals surface area contributed by atoms with Crippen LogP contribution in [0.15, 0.2) is 18.2 Å². The highest BCUT2D eigenvalue weighted by atomic mass is 16.7. The number of hydrogen-bond acceptors (Lipinski definition) is 5. The van der Waals surface area contributed by atoms with Crippen molar-refractivity contribution in [3.63, 3.8) is 0 Å². The van der Waals surface area contributed by atoms with E-state index in [0.717, 1.165) is 11.1 Å². The Kier molecular flexibility index (Phi) is 3.63. The molecule has 2 N–H and O–H groups in total. The first-order valence-corrected chi connectivity index (χ1v) is 5.39. The Morgan fingerprint density at radius 2 is 2.28 bits per heavy atom. The summed E-state index contributed by atoms with van der Waals surface area (Å²) in [7, 11) is 0. The lowest BCUT2D eigenvalue weighted by Crippen LogP contribution is -2.24. The SMILES string of the molecule is Cc1cccc(C(=O)NOCc2nn[nH]n2)c1C. The van der Waals surface area contributed by atoms with Crippen molar-refractivity contribution < 1.29 is 9.63 Å². The normalized spacial score (nSPS) is 10.3. The molecule has 2 aromatic rings. The summed E-state index contributed by atoms with van der Waals surface area (Å²) >= 11 is 0. The first-order valence-electron chi connectivity index (χ1n) is 5.39. The van der Waals surface area contributed by atoms with Crippen molar-refractivity contribution in [3.05, 3.63) is 40.7 Å². The molecule has 0 fully saturated rings. The minimum absolute atomic E-state index is 0.0626. The van der Waals surface area contributed by atoms with E-state index in [9.17, 15) is 4.79 Å². The molecule has 0 radical (unpaired) electrons. The van der Waals surface area contributed by atoms with Gasteiger partial charge in [0.25, 0.3) is 5.91 Å². The number of aryl methyl sites for hydroxylation is 1. The van der Waals surface area contributed by atoms with Crippen LogP contribution in [-0.2, 0) is 11.4 Å². The highest BCUT2D eigenvalue weighted by molar-refractivity contribution is 5.95. The van der Waals surface area contributed by atoms with Crippen LogP contribution in [0.4, 0.5) is 0 Å². The van der Waals surface area contributed by atoms with E-state index < -0.39 is 0 Å². The lowest BCUT2D eigenvalue weighted by atomic mass is 10.0. The summed E-state index contributed by atoms with van der Waals surface area (Å²) < 4.78 is 0. The molecule has 2 rings (SSSR count). The maximum atomic E-state index is 11.8. The highest BCUT2D eigenvalue weighted by Crippen LogP contribution is 2.12. The second-order valence-corrected chi connectivity index (χ2v) is 3.80. The third-order valence-electron chi connectivity index (χ3n) is 2.60. The van der Waals surface area contributed by atoms with Crippen molar-refractivity contribution in [2.45, 2.75) is 20.5 Å². The number of hydrogen-bond donors (Lipinski definition) is 2. The molecule has 0 aliphatic rings. The van der Waals surface area contributed by atoms with Crippen LogP contribution in [0.25, 0.3) is 0 Å². The topological polar surface area (TPSA) is 92.8 Å². The number of aromatic nitrogens is 4. The van der Waals surface area contributed by atoms with Gasteiger partial charge in [-0.3, -0.25) is 9.63 Å². The Balaban J connectivity index is 1.93. The van der Waals surface area contributed by atoms with Crippen molar-refractivity contribution in [2.75, 3.05) is 0 Å². The molecule has 1 aromatic carbocycles. The summed E-state index contributed by atoms with van der Waals surface area (Å²) in [5, 5.41) is 13.1. The van der Waals surface area contributed by atoms with E-state index in [1.54, 1.807) is 6.07 Å². The molecule has 7 heteroatoms. The van der Waals surface area contributed by atoms with Crippen LogP contribution in [0.1, 0.15) is 27.3 Å². The van der Waals surface area contributed by atoms with E-state index in [-0.39, 0.29) is 12.5 Å². The second kappa shape index (κ2) is 5.37. The molecule has 94 valence electrons. The van der Waals surface area contributed by atoms with Crippen LogP contribution in [0, 0.1) is 13.8 Å². The van der Waals surface area contributed by atoms with Gasteiger partial charge in [-0.05, 0) is 31.0 Å². The zero-order valence-electron chi connectivity index (χ0n) is 10.1. The third-order valence-corrected chi connectivity index (χ3v) is 2.60. The molecule has 0 saturated carbocycles. The van der Waals surface area contributed by atoms with E-state index in [0.29, 0.717) is 11.4 Å². The lowest BCUT2D eigenvalue weighted by molar-refractivity contribution is 0.0208. The summed E-state index contributed by atoms with van der Waals surface area (Å²) in [6.07, 6.45) is 0. The molecule has 18 heavy (non-hydrogen) atoms. The molecule has 0 unspecified atom stereocenters. The van der Waals surface area contributed by atoms with Crippen LogP contribution in [0.3, 0.4) is 0 Å². The molecule has 0 aliphatic heterocycles.